The summed E-state index contributed by atoms with van der Waals surface area (Å²) in [5.74, 6) is 0.941. The number of para-hydroxylation sites is 1. The molecule has 0 fully saturated rings. The van der Waals surface area contributed by atoms with Gasteiger partial charge in [0.25, 0.3) is 0 Å². The van der Waals surface area contributed by atoms with Gasteiger partial charge in [-0.3, -0.25) is 0 Å². The van der Waals surface area contributed by atoms with E-state index in [1.54, 1.807) is 0 Å². The number of benzene rings is 1. The number of nitrogens with zero attached hydrogens (tertiary/aromatic N) is 2. The largest absolute Gasteiger partial charge is 0.368 e. The fourth-order valence-corrected chi connectivity index (χ4v) is 3.67. The first kappa shape index (κ1) is 14.3. The van der Waals surface area contributed by atoms with Crippen molar-refractivity contribution in [3.8, 4) is 0 Å². The van der Waals surface area contributed by atoms with Crippen LogP contribution in [0.3, 0.4) is 0 Å². The highest BCUT2D eigenvalue weighted by Gasteiger charge is 2.13. The quantitative estimate of drug-likeness (QED) is 0.650. The van der Waals surface area contributed by atoms with Gasteiger partial charge in [0.15, 0.2) is 5.82 Å². The van der Waals surface area contributed by atoms with E-state index in [1.807, 2.05) is 17.4 Å². The van der Waals surface area contributed by atoms with Gasteiger partial charge in [-0.05, 0) is 25.3 Å². The van der Waals surface area contributed by atoms with E-state index in [4.69, 9.17) is 9.97 Å². The van der Waals surface area contributed by atoms with Gasteiger partial charge in [-0.1, -0.05) is 38.5 Å². The molecule has 21 heavy (non-hydrogen) atoms. The van der Waals surface area contributed by atoms with E-state index in [2.05, 4.69) is 37.4 Å². The number of rotatable bonds is 6. The maximum atomic E-state index is 4.82. The van der Waals surface area contributed by atoms with Gasteiger partial charge in [-0.2, -0.15) is 0 Å². The van der Waals surface area contributed by atoms with Crippen molar-refractivity contribution in [2.75, 3.05) is 11.9 Å². The maximum Gasteiger partial charge on any atom is 0.154 e. The Morgan fingerprint density at radius 1 is 1.10 bits per heavy atom. The summed E-state index contributed by atoms with van der Waals surface area (Å²) in [5.41, 5.74) is 2.09. The SMILES string of the molecule is CCCCNc1nc2ccccc2c2sc(CCC)nc12. The Balaban J connectivity index is 2.13. The Bertz CT molecular complexity index is 748. The molecule has 0 aliphatic heterocycles. The first-order chi connectivity index (χ1) is 10.3. The lowest BCUT2D eigenvalue weighted by atomic mass is 10.2. The second-order valence-electron chi connectivity index (χ2n) is 5.29. The number of pyridine rings is 1. The molecule has 3 aromatic rings. The first-order valence-corrected chi connectivity index (χ1v) is 8.57. The monoisotopic (exact) mass is 299 g/mol. The van der Waals surface area contributed by atoms with Crippen LogP contribution < -0.4 is 5.32 Å². The van der Waals surface area contributed by atoms with Gasteiger partial charge in [0.2, 0.25) is 0 Å². The van der Waals surface area contributed by atoms with E-state index in [9.17, 15) is 0 Å². The van der Waals surface area contributed by atoms with E-state index in [0.717, 1.165) is 42.7 Å². The third kappa shape index (κ3) is 2.86. The molecule has 3 rings (SSSR count). The number of thiazole rings is 1. The van der Waals surface area contributed by atoms with Crippen molar-refractivity contribution in [1.29, 1.82) is 0 Å². The van der Waals surface area contributed by atoms with Gasteiger partial charge in [0, 0.05) is 11.9 Å². The lowest BCUT2D eigenvalue weighted by Crippen LogP contribution is -2.03. The molecule has 1 aromatic carbocycles. The number of aryl methyl sites for hydroxylation is 1. The fraction of sp³-hybridized carbons (Fsp3) is 0.412. The zero-order chi connectivity index (χ0) is 14.7. The molecule has 3 nitrogen and oxygen atoms in total. The molecule has 0 saturated carbocycles. The molecule has 0 aliphatic rings. The number of fused-ring (bicyclic) bond motifs is 3. The van der Waals surface area contributed by atoms with Crippen LogP contribution in [0.1, 0.15) is 38.1 Å². The Kier molecular flexibility index (Phi) is 4.34. The van der Waals surface area contributed by atoms with Crippen LogP contribution in [0.5, 0.6) is 0 Å². The number of hydrogen-bond donors (Lipinski definition) is 1. The minimum absolute atomic E-state index is 0.941. The summed E-state index contributed by atoms with van der Waals surface area (Å²) < 4.78 is 1.27. The molecule has 0 atom stereocenters. The van der Waals surface area contributed by atoms with E-state index in [1.165, 1.54) is 21.5 Å². The average Bonchev–Trinajstić information content (AvgIpc) is 2.92. The molecule has 0 bridgehead atoms. The highest BCUT2D eigenvalue weighted by atomic mass is 32.1. The van der Waals surface area contributed by atoms with Crippen LogP contribution in [0.25, 0.3) is 21.1 Å². The Morgan fingerprint density at radius 3 is 2.76 bits per heavy atom. The molecule has 0 amide bonds. The molecule has 4 heteroatoms. The third-order valence-electron chi connectivity index (χ3n) is 3.56. The summed E-state index contributed by atoms with van der Waals surface area (Å²) >= 11 is 1.81. The molecule has 0 unspecified atom stereocenters. The van der Waals surface area contributed by atoms with Crippen LogP contribution in [0.2, 0.25) is 0 Å². The topological polar surface area (TPSA) is 37.8 Å². The zero-order valence-corrected chi connectivity index (χ0v) is 13.5. The lowest BCUT2D eigenvalue weighted by Gasteiger charge is -2.07. The number of hydrogen-bond acceptors (Lipinski definition) is 4. The second kappa shape index (κ2) is 6.39. The average molecular weight is 299 g/mol. The summed E-state index contributed by atoms with van der Waals surface area (Å²) in [6.45, 7) is 5.35. The third-order valence-corrected chi connectivity index (χ3v) is 4.71. The van der Waals surface area contributed by atoms with Crippen LogP contribution in [0, 0.1) is 0 Å². The second-order valence-corrected chi connectivity index (χ2v) is 6.38. The van der Waals surface area contributed by atoms with Gasteiger partial charge in [-0.15, -0.1) is 11.3 Å². The molecule has 0 saturated heterocycles. The predicted molar refractivity (Wildman–Crippen MR) is 92.3 cm³/mol. The minimum Gasteiger partial charge on any atom is -0.368 e. The van der Waals surface area contributed by atoms with Crippen molar-refractivity contribution >= 4 is 38.3 Å². The molecule has 0 aliphatic carbocycles. The Morgan fingerprint density at radius 2 is 1.95 bits per heavy atom. The zero-order valence-electron chi connectivity index (χ0n) is 12.6. The molecular formula is C17H21N3S. The standard InChI is InChI=1S/C17H21N3S/c1-3-5-11-18-17-15-16(21-14(20-15)8-4-2)12-9-6-7-10-13(12)19-17/h6-7,9-10H,3-5,8,11H2,1-2H3,(H,18,19). The molecule has 2 heterocycles. The van der Waals surface area contributed by atoms with E-state index in [-0.39, 0.29) is 0 Å². The molecule has 1 N–H and O–H groups in total. The fourth-order valence-electron chi connectivity index (χ4n) is 2.47. The molecular weight excluding hydrogens is 278 g/mol. The summed E-state index contributed by atoms with van der Waals surface area (Å²) in [4.78, 5) is 9.61. The normalized spacial score (nSPS) is 11.3. The van der Waals surface area contributed by atoms with Crippen LogP contribution in [0.15, 0.2) is 24.3 Å². The van der Waals surface area contributed by atoms with Crippen LogP contribution in [0.4, 0.5) is 5.82 Å². The van der Waals surface area contributed by atoms with E-state index < -0.39 is 0 Å². The summed E-state index contributed by atoms with van der Waals surface area (Å²) in [7, 11) is 0. The van der Waals surface area contributed by atoms with Crippen molar-refractivity contribution in [2.45, 2.75) is 39.5 Å². The van der Waals surface area contributed by atoms with Gasteiger partial charge in [0.1, 0.15) is 5.52 Å². The van der Waals surface area contributed by atoms with Crippen molar-refractivity contribution in [3.63, 3.8) is 0 Å². The Hall–Kier alpha value is -1.68. The highest BCUT2D eigenvalue weighted by Crippen LogP contribution is 2.33. The van der Waals surface area contributed by atoms with Crippen LogP contribution in [-0.4, -0.2) is 16.5 Å². The van der Waals surface area contributed by atoms with Gasteiger partial charge in [-0.25, -0.2) is 9.97 Å². The number of unbranched alkanes of at least 4 members (excludes halogenated alkanes) is 1. The molecule has 0 radical (unpaired) electrons. The van der Waals surface area contributed by atoms with Crippen LogP contribution in [-0.2, 0) is 6.42 Å². The highest BCUT2D eigenvalue weighted by molar-refractivity contribution is 7.19. The molecule has 2 aromatic heterocycles. The summed E-state index contributed by atoms with van der Waals surface area (Å²) in [6, 6.07) is 8.35. The number of nitrogens with one attached hydrogen (secondary N) is 1. The van der Waals surface area contributed by atoms with Crippen molar-refractivity contribution < 1.29 is 0 Å². The minimum atomic E-state index is 0.941. The number of aromatic nitrogens is 2. The molecule has 0 spiro atoms. The number of anilines is 1. The summed E-state index contributed by atoms with van der Waals surface area (Å²) in [5, 5.41) is 5.90. The van der Waals surface area contributed by atoms with Crippen LogP contribution >= 0.6 is 11.3 Å². The lowest BCUT2D eigenvalue weighted by molar-refractivity contribution is 0.832. The predicted octanol–water partition coefficient (Wildman–Crippen LogP) is 5.01. The van der Waals surface area contributed by atoms with Gasteiger partial charge >= 0.3 is 0 Å². The maximum absolute atomic E-state index is 4.82. The van der Waals surface area contributed by atoms with Crippen molar-refractivity contribution in [2.24, 2.45) is 0 Å². The summed E-state index contributed by atoms with van der Waals surface area (Å²) in [6.07, 6.45) is 4.51. The van der Waals surface area contributed by atoms with Gasteiger partial charge < -0.3 is 5.32 Å². The smallest absolute Gasteiger partial charge is 0.154 e. The van der Waals surface area contributed by atoms with E-state index >= 15 is 0 Å². The van der Waals surface area contributed by atoms with Crippen molar-refractivity contribution in [3.05, 3.63) is 29.3 Å². The van der Waals surface area contributed by atoms with E-state index in [0.29, 0.717) is 0 Å². The molecule has 110 valence electrons. The van der Waals surface area contributed by atoms with Gasteiger partial charge in [0.05, 0.1) is 15.2 Å². The van der Waals surface area contributed by atoms with Crippen molar-refractivity contribution in [1.82, 2.24) is 9.97 Å². The Labute approximate surface area is 129 Å². The first-order valence-electron chi connectivity index (χ1n) is 7.75.